The van der Waals surface area contributed by atoms with E-state index in [0.717, 1.165) is 59.6 Å². The lowest BCUT2D eigenvalue weighted by Crippen LogP contribution is -2.22. The second-order valence-electron chi connectivity index (χ2n) is 7.13. The van der Waals surface area contributed by atoms with Gasteiger partial charge in [0.25, 0.3) is 5.91 Å². The Labute approximate surface area is 166 Å². The first-order valence-corrected chi connectivity index (χ1v) is 10.7. The quantitative estimate of drug-likeness (QED) is 0.763. The number of hydrogen-bond acceptors (Lipinski definition) is 5. The Balaban J connectivity index is 1.70. The van der Waals surface area contributed by atoms with E-state index >= 15 is 0 Å². The lowest BCUT2D eigenvalue weighted by atomic mass is 10.1. The van der Waals surface area contributed by atoms with E-state index in [1.54, 1.807) is 0 Å². The van der Waals surface area contributed by atoms with Crippen molar-refractivity contribution in [3.05, 3.63) is 39.3 Å². The molecule has 27 heavy (non-hydrogen) atoms. The molecular weight excluding hydrogens is 356 g/mol. The maximum absolute atomic E-state index is 12.8. The normalized spacial score (nSPS) is 14.5. The van der Waals surface area contributed by atoms with Crippen LogP contribution in [0.25, 0.3) is 0 Å². The van der Waals surface area contributed by atoms with Gasteiger partial charge in [0.1, 0.15) is 9.88 Å². The number of anilines is 2. The maximum atomic E-state index is 12.8. The summed E-state index contributed by atoms with van der Waals surface area (Å²) in [5.74, 6) is -0.0589. The highest BCUT2D eigenvalue weighted by Gasteiger charge is 2.19. The molecule has 146 valence electrons. The molecule has 2 aromatic rings. The van der Waals surface area contributed by atoms with Gasteiger partial charge >= 0.3 is 0 Å². The minimum absolute atomic E-state index is 0.0589. The molecule has 1 amide bonds. The first kappa shape index (κ1) is 19.8. The lowest BCUT2D eigenvalue weighted by molar-refractivity contribution is 0.102. The highest BCUT2D eigenvalue weighted by molar-refractivity contribution is 7.13. The Kier molecular flexibility index (Phi) is 6.50. The van der Waals surface area contributed by atoms with Crippen molar-refractivity contribution in [1.82, 2.24) is 9.88 Å². The number of carbonyl (C=O) groups is 1. The van der Waals surface area contributed by atoms with Gasteiger partial charge in [-0.2, -0.15) is 0 Å². The topological polar surface area (TPSA) is 48.5 Å². The SMILES string of the molecule is CCN(CC)c1ccc(NC(=O)c2sc(CN3CCCC3)nc2C)c(C)c1. The van der Waals surface area contributed by atoms with Crippen molar-refractivity contribution in [3.8, 4) is 0 Å². The van der Waals surface area contributed by atoms with Crippen molar-refractivity contribution < 1.29 is 4.79 Å². The summed E-state index contributed by atoms with van der Waals surface area (Å²) < 4.78 is 0. The summed E-state index contributed by atoms with van der Waals surface area (Å²) in [5.41, 5.74) is 3.96. The van der Waals surface area contributed by atoms with Gasteiger partial charge in [0.05, 0.1) is 12.2 Å². The van der Waals surface area contributed by atoms with Crippen LogP contribution in [0.4, 0.5) is 11.4 Å². The van der Waals surface area contributed by atoms with E-state index in [4.69, 9.17) is 0 Å². The number of likely N-dealkylation sites (tertiary alicyclic amines) is 1. The summed E-state index contributed by atoms with van der Waals surface area (Å²) in [6.07, 6.45) is 2.53. The number of hydrogen-bond donors (Lipinski definition) is 1. The summed E-state index contributed by atoms with van der Waals surface area (Å²) in [5, 5.41) is 4.11. The van der Waals surface area contributed by atoms with Gasteiger partial charge in [0.2, 0.25) is 0 Å². The Bertz CT molecular complexity index is 791. The lowest BCUT2D eigenvalue weighted by Gasteiger charge is -2.22. The molecule has 0 aliphatic carbocycles. The average Bonchev–Trinajstić information content (AvgIpc) is 3.28. The third-order valence-corrected chi connectivity index (χ3v) is 6.33. The molecule has 3 rings (SSSR count). The van der Waals surface area contributed by atoms with Crippen LogP contribution in [-0.2, 0) is 6.54 Å². The third-order valence-electron chi connectivity index (χ3n) is 5.19. The molecule has 1 N–H and O–H groups in total. The number of rotatable bonds is 7. The second kappa shape index (κ2) is 8.85. The largest absolute Gasteiger partial charge is 0.372 e. The van der Waals surface area contributed by atoms with E-state index in [1.807, 2.05) is 19.9 Å². The van der Waals surface area contributed by atoms with E-state index in [0.29, 0.717) is 0 Å². The van der Waals surface area contributed by atoms with Crippen molar-refractivity contribution >= 4 is 28.6 Å². The standard InChI is InChI=1S/C21H30N4OS/c1-5-25(6-2)17-9-10-18(15(3)13-17)23-21(26)20-16(4)22-19(27-20)14-24-11-7-8-12-24/h9-10,13H,5-8,11-12,14H2,1-4H3,(H,23,26). The molecule has 1 aliphatic rings. The van der Waals surface area contributed by atoms with Crippen LogP contribution in [0.1, 0.15) is 52.6 Å². The Morgan fingerprint density at radius 1 is 1.22 bits per heavy atom. The maximum Gasteiger partial charge on any atom is 0.267 e. The molecule has 0 spiro atoms. The highest BCUT2D eigenvalue weighted by atomic mass is 32.1. The zero-order valence-corrected chi connectivity index (χ0v) is 17.7. The van der Waals surface area contributed by atoms with Gasteiger partial charge in [-0.3, -0.25) is 9.69 Å². The fraction of sp³-hybridized carbons (Fsp3) is 0.524. The van der Waals surface area contributed by atoms with Crippen LogP contribution in [0.2, 0.25) is 0 Å². The summed E-state index contributed by atoms with van der Waals surface area (Å²) in [6, 6.07) is 6.22. The molecule has 6 heteroatoms. The van der Waals surface area contributed by atoms with E-state index in [-0.39, 0.29) is 5.91 Å². The Morgan fingerprint density at radius 2 is 1.93 bits per heavy atom. The molecule has 0 unspecified atom stereocenters. The molecular formula is C21H30N4OS. The number of nitrogens with one attached hydrogen (secondary N) is 1. The number of aryl methyl sites for hydroxylation is 2. The molecule has 0 bridgehead atoms. The van der Waals surface area contributed by atoms with Crippen molar-refractivity contribution in [3.63, 3.8) is 0 Å². The summed E-state index contributed by atoms with van der Waals surface area (Å²) in [6.45, 7) is 13.4. The van der Waals surface area contributed by atoms with Crippen molar-refractivity contribution in [2.75, 3.05) is 36.4 Å². The molecule has 0 radical (unpaired) electrons. The minimum Gasteiger partial charge on any atom is -0.372 e. The number of thiazole rings is 1. The molecule has 1 aliphatic heterocycles. The van der Waals surface area contributed by atoms with Crippen LogP contribution in [0, 0.1) is 13.8 Å². The van der Waals surface area contributed by atoms with Crippen LogP contribution < -0.4 is 10.2 Å². The molecule has 1 saturated heterocycles. The molecule has 1 aromatic heterocycles. The predicted molar refractivity (Wildman–Crippen MR) is 114 cm³/mol. The van der Waals surface area contributed by atoms with Crippen molar-refractivity contribution in [2.24, 2.45) is 0 Å². The van der Waals surface area contributed by atoms with Gasteiger partial charge < -0.3 is 10.2 Å². The Hall–Kier alpha value is -1.92. The van der Waals surface area contributed by atoms with Gasteiger partial charge in [-0.1, -0.05) is 0 Å². The Morgan fingerprint density at radius 3 is 2.56 bits per heavy atom. The van der Waals surface area contributed by atoms with E-state index in [2.05, 4.69) is 46.1 Å². The van der Waals surface area contributed by atoms with Crippen molar-refractivity contribution in [1.29, 1.82) is 0 Å². The van der Waals surface area contributed by atoms with Crippen molar-refractivity contribution in [2.45, 2.75) is 47.1 Å². The second-order valence-corrected chi connectivity index (χ2v) is 8.21. The van der Waals surface area contributed by atoms with Gasteiger partial charge in [-0.15, -0.1) is 11.3 Å². The van der Waals surface area contributed by atoms with Gasteiger partial charge in [0.15, 0.2) is 0 Å². The number of carbonyl (C=O) groups excluding carboxylic acids is 1. The summed E-state index contributed by atoms with van der Waals surface area (Å²) >= 11 is 1.52. The van der Waals surface area contributed by atoms with Gasteiger partial charge in [0, 0.05) is 24.5 Å². The molecule has 2 heterocycles. The fourth-order valence-corrected chi connectivity index (χ4v) is 4.62. The summed E-state index contributed by atoms with van der Waals surface area (Å²) in [7, 11) is 0. The zero-order valence-electron chi connectivity index (χ0n) is 16.8. The fourth-order valence-electron chi connectivity index (χ4n) is 3.62. The number of nitrogens with zero attached hydrogens (tertiary/aromatic N) is 3. The minimum atomic E-state index is -0.0589. The van der Waals surface area contributed by atoms with Crippen LogP contribution in [0.5, 0.6) is 0 Å². The van der Waals surface area contributed by atoms with Crippen LogP contribution in [0.15, 0.2) is 18.2 Å². The zero-order chi connectivity index (χ0) is 19.4. The predicted octanol–water partition coefficient (Wildman–Crippen LogP) is 4.45. The first-order chi connectivity index (χ1) is 13.0. The third kappa shape index (κ3) is 4.68. The molecule has 1 aromatic carbocycles. The summed E-state index contributed by atoms with van der Waals surface area (Å²) in [4.78, 5) is 22.9. The number of benzene rings is 1. The molecule has 1 fully saturated rings. The average molecular weight is 387 g/mol. The molecule has 0 saturated carbocycles. The van der Waals surface area contributed by atoms with E-state index < -0.39 is 0 Å². The monoisotopic (exact) mass is 386 g/mol. The molecule has 5 nitrogen and oxygen atoms in total. The number of amides is 1. The van der Waals surface area contributed by atoms with E-state index in [1.165, 1.54) is 29.9 Å². The van der Waals surface area contributed by atoms with Crippen LogP contribution >= 0.6 is 11.3 Å². The van der Waals surface area contributed by atoms with Crippen LogP contribution in [-0.4, -0.2) is 42.0 Å². The first-order valence-electron chi connectivity index (χ1n) is 9.87. The smallest absolute Gasteiger partial charge is 0.267 e. The van der Waals surface area contributed by atoms with Gasteiger partial charge in [-0.25, -0.2) is 4.98 Å². The van der Waals surface area contributed by atoms with Crippen LogP contribution in [0.3, 0.4) is 0 Å². The van der Waals surface area contributed by atoms with Gasteiger partial charge in [-0.05, 0) is 77.4 Å². The molecule has 0 atom stereocenters. The van der Waals surface area contributed by atoms with E-state index in [9.17, 15) is 4.79 Å². The highest BCUT2D eigenvalue weighted by Crippen LogP contribution is 2.26. The number of aromatic nitrogens is 1.